The van der Waals surface area contributed by atoms with Gasteiger partial charge in [0.15, 0.2) is 11.0 Å². The van der Waals surface area contributed by atoms with Crippen LogP contribution < -0.4 is 5.32 Å². The molecule has 1 aliphatic carbocycles. The predicted molar refractivity (Wildman–Crippen MR) is 95.3 cm³/mol. The van der Waals surface area contributed by atoms with Crippen molar-refractivity contribution in [1.82, 2.24) is 10.3 Å². The molecule has 1 aliphatic rings. The smallest absolute Gasteiger partial charge is 0.407 e. The van der Waals surface area contributed by atoms with Gasteiger partial charge in [-0.3, -0.25) is 0 Å². The number of aliphatic hydroxyl groups is 2. The van der Waals surface area contributed by atoms with Gasteiger partial charge in [0.1, 0.15) is 11.2 Å². The van der Waals surface area contributed by atoms with Crippen LogP contribution in [0, 0.1) is 11.7 Å². The van der Waals surface area contributed by atoms with Crippen LogP contribution in [0.4, 0.5) is 9.18 Å². The summed E-state index contributed by atoms with van der Waals surface area (Å²) < 4.78 is 19.4. The van der Waals surface area contributed by atoms with Gasteiger partial charge in [0.05, 0.1) is 17.8 Å². The molecule has 0 bridgehead atoms. The molecule has 1 unspecified atom stereocenters. The van der Waals surface area contributed by atoms with Crippen molar-refractivity contribution in [2.75, 3.05) is 6.54 Å². The van der Waals surface area contributed by atoms with Gasteiger partial charge in [-0.25, -0.2) is 14.2 Å². The van der Waals surface area contributed by atoms with Crippen molar-refractivity contribution in [1.29, 1.82) is 0 Å². The highest BCUT2D eigenvalue weighted by Gasteiger charge is 2.47. The first kappa shape index (κ1) is 20.9. The summed E-state index contributed by atoms with van der Waals surface area (Å²) >= 11 is 5.89. The van der Waals surface area contributed by atoms with Crippen LogP contribution in [-0.4, -0.2) is 33.4 Å². The van der Waals surface area contributed by atoms with Crippen molar-refractivity contribution in [3.05, 3.63) is 28.3 Å². The first-order chi connectivity index (χ1) is 11.7. The van der Waals surface area contributed by atoms with Crippen molar-refractivity contribution in [3.63, 3.8) is 0 Å². The van der Waals surface area contributed by atoms with Crippen LogP contribution in [0.15, 0.2) is 6.07 Å². The highest BCUT2D eigenvalue weighted by Crippen LogP contribution is 2.46. The number of carbonyl (C=O) groups excluding carboxylic acids is 1. The summed E-state index contributed by atoms with van der Waals surface area (Å²) in [5.74, 6) is -0.984. The molecule has 0 radical (unpaired) electrons. The lowest BCUT2D eigenvalue weighted by atomic mass is 9.89. The van der Waals surface area contributed by atoms with Crippen LogP contribution in [0.5, 0.6) is 0 Å². The number of rotatable bonds is 5. The number of nitrogens with zero attached hydrogens (tertiary/aromatic N) is 1. The molecule has 1 aromatic heterocycles. The summed E-state index contributed by atoms with van der Waals surface area (Å²) in [5, 5.41) is 23.5. The van der Waals surface area contributed by atoms with Crippen LogP contribution in [0.1, 0.15) is 58.7 Å². The van der Waals surface area contributed by atoms with Crippen LogP contribution >= 0.6 is 11.6 Å². The van der Waals surface area contributed by atoms with E-state index >= 15 is 0 Å². The highest BCUT2D eigenvalue weighted by molar-refractivity contribution is 6.29. The Morgan fingerprint density at radius 2 is 1.92 bits per heavy atom. The maximum absolute atomic E-state index is 14.3. The summed E-state index contributed by atoms with van der Waals surface area (Å²) in [4.78, 5) is 15.9. The maximum atomic E-state index is 14.3. The van der Waals surface area contributed by atoms with Crippen molar-refractivity contribution < 1.29 is 24.1 Å². The SMILES string of the molecule is CC(C)(C)OC(=O)NCC(O)(c1cc(C(C)(C)O)c(F)c(Cl)n1)C1CC1. The number of ether oxygens (including phenoxy) is 1. The zero-order chi connectivity index (χ0) is 19.9. The summed E-state index contributed by atoms with van der Waals surface area (Å²) in [5.41, 5.74) is -3.67. The lowest BCUT2D eigenvalue weighted by molar-refractivity contribution is 0.000995. The standard InChI is InChI=1S/C18H26ClFN2O4/c1-16(2,3)26-15(23)21-9-18(25,10-6-7-10)12-8-11(17(4,5)24)13(20)14(19)22-12/h8,10,24-25H,6-7,9H2,1-5H3,(H,21,23). The molecule has 26 heavy (non-hydrogen) atoms. The van der Waals surface area contributed by atoms with E-state index < -0.39 is 33.9 Å². The Morgan fingerprint density at radius 1 is 1.35 bits per heavy atom. The monoisotopic (exact) mass is 388 g/mol. The number of halogens is 2. The second-order valence-electron chi connectivity index (χ2n) is 8.27. The molecule has 1 heterocycles. The van der Waals surface area contributed by atoms with E-state index in [1.54, 1.807) is 20.8 Å². The van der Waals surface area contributed by atoms with E-state index in [1.807, 2.05) is 0 Å². The molecule has 3 N–H and O–H groups in total. The molecular weight excluding hydrogens is 363 g/mol. The quantitative estimate of drug-likeness (QED) is 0.673. The molecule has 0 aliphatic heterocycles. The van der Waals surface area contributed by atoms with Gasteiger partial charge in [-0.15, -0.1) is 0 Å². The second-order valence-corrected chi connectivity index (χ2v) is 8.63. The molecule has 2 rings (SSSR count). The number of hydrogen-bond donors (Lipinski definition) is 3. The number of alkyl carbamates (subject to hydrolysis) is 1. The van der Waals surface area contributed by atoms with E-state index in [9.17, 15) is 19.4 Å². The minimum absolute atomic E-state index is 0.0659. The molecule has 1 aromatic rings. The van der Waals surface area contributed by atoms with Gasteiger partial charge < -0.3 is 20.3 Å². The highest BCUT2D eigenvalue weighted by atomic mass is 35.5. The number of aromatic nitrogens is 1. The van der Waals surface area contributed by atoms with Gasteiger partial charge in [-0.05, 0) is 59.4 Å². The Morgan fingerprint density at radius 3 is 2.38 bits per heavy atom. The predicted octanol–water partition coefficient (Wildman–Crippen LogP) is 3.22. The van der Waals surface area contributed by atoms with E-state index in [1.165, 1.54) is 19.9 Å². The number of carbonyl (C=O) groups is 1. The molecular formula is C18H26ClFN2O4. The zero-order valence-electron chi connectivity index (χ0n) is 15.7. The fraction of sp³-hybridized carbons (Fsp3) is 0.667. The molecule has 1 fully saturated rings. The molecule has 1 atom stereocenters. The molecule has 0 spiro atoms. The molecule has 1 saturated carbocycles. The number of pyridine rings is 1. The average Bonchev–Trinajstić information content (AvgIpc) is 3.29. The van der Waals surface area contributed by atoms with Gasteiger partial charge in [0.2, 0.25) is 0 Å². The molecule has 8 heteroatoms. The summed E-state index contributed by atoms with van der Waals surface area (Å²) in [6.45, 7) is 7.87. The van der Waals surface area contributed by atoms with Crippen LogP contribution in [0.2, 0.25) is 5.15 Å². The minimum Gasteiger partial charge on any atom is -0.444 e. The van der Waals surface area contributed by atoms with E-state index in [4.69, 9.17) is 16.3 Å². The van der Waals surface area contributed by atoms with Crippen molar-refractivity contribution in [2.24, 2.45) is 5.92 Å². The lowest BCUT2D eigenvalue weighted by Gasteiger charge is -2.30. The first-order valence-corrected chi connectivity index (χ1v) is 8.90. The van der Waals surface area contributed by atoms with E-state index in [-0.39, 0.29) is 23.7 Å². The third-order valence-corrected chi connectivity index (χ3v) is 4.42. The molecule has 146 valence electrons. The van der Waals surface area contributed by atoms with Gasteiger partial charge in [-0.2, -0.15) is 0 Å². The van der Waals surface area contributed by atoms with Gasteiger partial charge >= 0.3 is 6.09 Å². The Labute approximate surface area is 157 Å². The van der Waals surface area contributed by atoms with Crippen molar-refractivity contribution in [3.8, 4) is 0 Å². The summed E-state index contributed by atoms with van der Waals surface area (Å²) in [7, 11) is 0. The topological polar surface area (TPSA) is 91.7 Å². The Hall–Kier alpha value is -1.44. The molecule has 0 aromatic carbocycles. The normalized spacial score (nSPS) is 17.6. The van der Waals surface area contributed by atoms with Crippen LogP contribution in [0.25, 0.3) is 0 Å². The largest absolute Gasteiger partial charge is 0.444 e. The number of nitrogens with one attached hydrogen (secondary N) is 1. The van der Waals surface area contributed by atoms with Gasteiger partial charge in [0.25, 0.3) is 0 Å². The Balaban J connectivity index is 2.32. The molecule has 6 nitrogen and oxygen atoms in total. The fourth-order valence-corrected chi connectivity index (χ4v) is 2.88. The Bertz CT molecular complexity index is 696. The lowest BCUT2D eigenvalue weighted by Crippen LogP contribution is -2.45. The van der Waals surface area contributed by atoms with E-state index in [0.29, 0.717) is 0 Å². The van der Waals surface area contributed by atoms with E-state index in [2.05, 4.69) is 10.3 Å². The Kier molecular flexibility index (Phi) is 5.57. The van der Waals surface area contributed by atoms with Gasteiger partial charge in [-0.1, -0.05) is 11.6 Å². The third-order valence-electron chi connectivity index (χ3n) is 4.17. The minimum atomic E-state index is -1.53. The number of hydrogen-bond acceptors (Lipinski definition) is 5. The molecule has 0 saturated heterocycles. The van der Waals surface area contributed by atoms with Crippen molar-refractivity contribution in [2.45, 2.75) is 64.3 Å². The van der Waals surface area contributed by atoms with Gasteiger partial charge in [0, 0.05) is 5.56 Å². The van der Waals surface area contributed by atoms with E-state index in [0.717, 1.165) is 12.8 Å². The first-order valence-electron chi connectivity index (χ1n) is 8.52. The van der Waals surface area contributed by atoms with Crippen molar-refractivity contribution >= 4 is 17.7 Å². The summed E-state index contributed by atoms with van der Waals surface area (Å²) in [6, 6.07) is 1.30. The summed E-state index contributed by atoms with van der Waals surface area (Å²) in [6.07, 6.45) is 0.801. The van der Waals surface area contributed by atoms with Crippen LogP contribution in [-0.2, 0) is 15.9 Å². The maximum Gasteiger partial charge on any atom is 0.407 e. The molecule has 1 amide bonds. The van der Waals surface area contributed by atoms with Crippen LogP contribution in [0.3, 0.4) is 0 Å². The number of amides is 1. The fourth-order valence-electron chi connectivity index (χ4n) is 2.69. The average molecular weight is 389 g/mol. The third kappa shape index (κ3) is 4.84. The zero-order valence-corrected chi connectivity index (χ0v) is 16.4. The second kappa shape index (κ2) is 6.94.